The summed E-state index contributed by atoms with van der Waals surface area (Å²) in [6.07, 6.45) is 2.54. The molecule has 0 radical (unpaired) electrons. The van der Waals surface area contributed by atoms with Gasteiger partial charge >= 0.3 is 17.9 Å². The van der Waals surface area contributed by atoms with Crippen molar-refractivity contribution in [3.8, 4) is 0 Å². The minimum absolute atomic E-state index is 0.00903. The van der Waals surface area contributed by atoms with Crippen LogP contribution in [-0.2, 0) is 28.6 Å². The minimum atomic E-state index is -1.45. The van der Waals surface area contributed by atoms with Crippen molar-refractivity contribution >= 4 is 23.7 Å². The molecule has 11 nitrogen and oxygen atoms in total. The third kappa shape index (κ3) is 3.70. The quantitative estimate of drug-likeness (QED) is 0.457. The van der Waals surface area contributed by atoms with Crippen LogP contribution in [0, 0.1) is 17.8 Å². The van der Waals surface area contributed by atoms with Crippen molar-refractivity contribution in [2.24, 2.45) is 29.2 Å². The molecule has 4 N–H and O–H groups in total. The van der Waals surface area contributed by atoms with Gasteiger partial charge in [0.15, 0.2) is 11.9 Å². The molecule has 1 aliphatic heterocycles. The number of Topliss-reactive ketones (excluding diaryl/α,β-unsaturated/α-hetero) is 1. The fraction of sp³-hybridized carbons (Fsp3) is 0.480. The average Bonchev–Trinajstić information content (AvgIpc) is 3.40. The third-order valence-corrected chi connectivity index (χ3v) is 7.90. The van der Waals surface area contributed by atoms with Crippen molar-refractivity contribution in [1.29, 1.82) is 0 Å². The Bertz CT molecular complexity index is 1190. The summed E-state index contributed by atoms with van der Waals surface area (Å²) >= 11 is 0. The maximum atomic E-state index is 14.0. The molecule has 1 saturated heterocycles. The Balaban J connectivity index is 1.54. The lowest BCUT2D eigenvalue weighted by atomic mass is 9.48. The number of cyclic esters (lactones) is 1. The van der Waals surface area contributed by atoms with E-state index in [1.165, 1.54) is 31.9 Å². The highest BCUT2D eigenvalue weighted by Crippen LogP contribution is 2.55. The number of fused-ring (bicyclic) bond motifs is 3. The Hall–Kier alpha value is -3.57. The first kappa shape index (κ1) is 24.1. The van der Waals surface area contributed by atoms with Crippen LogP contribution in [0.2, 0.25) is 0 Å². The van der Waals surface area contributed by atoms with Crippen LogP contribution in [0.4, 0.5) is 0 Å². The molecule has 0 unspecified atom stereocenters. The van der Waals surface area contributed by atoms with Gasteiger partial charge in [-0.3, -0.25) is 14.4 Å². The van der Waals surface area contributed by atoms with Gasteiger partial charge in [-0.15, -0.1) is 0 Å². The molecular weight excluding hydrogens is 470 g/mol. The lowest BCUT2D eigenvalue weighted by Crippen LogP contribution is -2.78. The summed E-state index contributed by atoms with van der Waals surface area (Å²) in [5, 5.41) is 0. The van der Waals surface area contributed by atoms with E-state index >= 15 is 0 Å². The molecule has 3 heterocycles. The van der Waals surface area contributed by atoms with Crippen molar-refractivity contribution in [3.05, 3.63) is 54.2 Å². The van der Waals surface area contributed by atoms with Gasteiger partial charge in [-0.05, 0) is 31.0 Å². The standard InChI is InChI=1S/C25H27N3O8/c1-33-21(30)15-10-17(35-23(32)16-4-2-3-8-28-16)19(29)20-24(15,26)7-5-14-22(31)36-18(11-25(14,20)27)13-6-9-34-12-13/h2-4,6,8-9,12,14-15,17-18,20H,5,7,10-11,26-27H2,1H3/t14-,15-,17-,18-,20-,24+,25+/m0/s1. The first-order chi connectivity index (χ1) is 17.2. The number of ketones is 1. The van der Waals surface area contributed by atoms with E-state index in [4.69, 9.17) is 30.1 Å². The number of nitrogens with zero attached hydrogens (tertiary/aromatic N) is 1. The molecule has 0 bridgehead atoms. The van der Waals surface area contributed by atoms with Gasteiger partial charge in [0.2, 0.25) is 0 Å². The SMILES string of the molecule is COC(=O)[C@@H]1C[C@H](OC(=O)c2ccccn2)C(=O)[C@H]2[C@@]1(N)CC[C@H]1C(=O)O[C@H](c3ccoc3)C[C@]21N. The predicted octanol–water partition coefficient (Wildman–Crippen LogP) is 1.07. The van der Waals surface area contributed by atoms with E-state index in [9.17, 15) is 19.2 Å². The van der Waals surface area contributed by atoms with Gasteiger partial charge in [0.1, 0.15) is 11.8 Å². The summed E-state index contributed by atoms with van der Waals surface area (Å²) < 4.78 is 21.4. The zero-order valence-electron chi connectivity index (χ0n) is 19.6. The molecule has 3 aliphatic rings. The second kappa shape index (κ2) is 8.82. The van der Waals surface area contributed by atoms with Crippen LogP contribution in [0.5, 0.6) is 0 Å². The molecule has 0 aromatic carbocycles. The van der Waals surface area contributed by atoms with Crippen molar-refractivity contribution in [2.75, 3.05) is 7.11 Å². The fourth-order valence-electron chi connectivity index (χ4n) is 6.21. The van der Waals surface area contributed by atoms with Gasteiger partial charge in [-0.1, -0.05) is 6.07 Å². The fourth-order valence-corrected chi connectivity index (χ4v) is 6.21. The van der Waals surface area contributed by atoms with Crippen molar-refractivity contribution in [1.82, 2.24) is 4.98 Å². The lowest BCUT2D eigenvalue weighted by Gasteiger charge is -2.60. The maximum absolute atomic E-state index is 14.0. The van der Waals surface area contributed by atoms with E-state index in [1.807, 2.05) is 0 Å². The smallest absolute Gasteiger partial charge is 0.357 e. The van der Waals surface area contributed by atoms with Gasteiger partial charge in [0.05, 0.1) is 37.4 Å². The van der Waals surface area contributed by atoms with Gasteiger partial charge in [0, 0.05) is 35.7 Å². The van der Waals surface area contributed by atoms with Crippen LogP contribution < -0.4 is 11.5 Å². The van der Waals surface area contributed by atoms with E-state index < -0.39 is 64.7 Å². The first-order valence-corrected chi connectivity index (χ1v) is 11.7. The Morgan fingerprint density at radius 3 is 2.64 bits per heavy atom. The number of hydrogen-bond donors (Lipinski definition) is 2. The number of nitrogens with two attached hydrogens (primary N) is 2. The molecular formula is C25H27N3O8. The normalized spacial score (nSPS) is 35.7. The lowest BCUT2D eigenvalue weighted by molar-refractivity contribution is -0.186. The number of aromatic nitrogens is 1. The Morgan fingerprint density at radius 1 is 1.17 bits per heavy atom. The number of pyridine rings is 1. The Kier molecular flexibility index (Phi) is 5.92. The summed E-state index contributed by atoms with van der Waals surface area (Å²) in [6.45, 7) is 0. The van der Waals surface area contributed by atoms with Crippen LogP contribution in [0.15, 0.2) is 47.4 Å². The summed E-state index contributed by atoms with van der Waals surface area (Å²) in [5.74, 6) is -5.53. The molecule has 2 aliphatic carbocycles. The summed E-state index contributed by atoms with van der Waals surface area (Å²) in [4.78, 5) is 56.7. The van der Waals surface area contributed by atoms with E-state index in [2.05, 4.69) is 4.98 Å². The number of esters is 3. The van der Waals surface area contributed by atoms with Gasteiger partial charge < -0.3 is 30.1 Å². The zero-order valence-corrected chi connectivity index (χ0v) is 19.6. The number of hydrogen-bond acceptors (Lipinski definition) is 11. The van der Waals surface area contributed by atoms with Crippen molar-refractivity contribution in [2.45, 2.75) is 49.0 Å². The van der Waals surface area contributed by atoms with E-state index in [1.54, 1.807) is 18.2 Å². The molecule has 0 spiro atoms. The van der Waals surface area contributed by atoms with E-state index in [0.29, 0.717) is 5.56 Å². The maximum Gasteiger partial charge on any atom is 0.357 e. The number of furan rings is 1. The topological polar surface area (TPSA) is 174 Å². The Morgan fingerprint density at radius 2 is 1.97 bits per heavy atom. The van der Waals surface area contributed by atoms with Crippen molar-refractivity contribution in [3.63, 3.8) is 0 Å². The third-order valence-electron chi connectivity index (χ3n) is 7.90. The molecule has 7 atom stereocenters. The second-order valence-corrected chi connectivity index (χ2v) is 9.76. The summed E-state index contributed by atoms with van der Waals surface area (Å²) in [5.41, 5.74) is 11.6. The molecule has 0 amide bonds. The molecule has 11 heteroatoms. The van der Waals surface area contributed by atoms with Crippen LogP contribution in [0.3, 0.4) is 0 Å². The monoisotopic (exact) mass is 497 g/mol. The highest BCUT2D eigenvalue weighted by Gasteiger charge is 2.69. The van der Waals surface area contributed by atoms with Gasteiger partial charge in [-0.2, -0.15) is 0 Å². The minimum Gasteiger partial charge on any atom is -0.472 e. The van der Waals surface area contributed by atoms with Crippen LogP contribution in [0.1, 0.15) is 47.8 Å². The molecule has 2 aromatic heterocycles. The number of rotatable bonds is 4. The van der Waals surface area contributed by atoms with E-state index in [0.717, 1.165) is 0 Å². The second-order valence-electron chi connectivity index (χ2n) is 9.76. The Labute approximate surface area is 206 Å². The van der Waals surface area contributed by atoms with Gasteiger partial charge in [-0.25, -0.2) is 9.78 Å². The molecule has 2 saturated carbocycles. The zero-order chi connectivity index (χ0) is 25.7. The van der Waals surface area contributed by atoms with Gasteiger partial charge in [0.25, 0.3) is 0 Å². The first-order valence-electron chi connectivity index (χ1n) is 11.7. The highest BCUT2D eigenvalue weighted by atomic mass is 16.6. The van der Waals surface area contributed by atoms with E-state index in [-0.39, 0.29) is 31.4 Å². The molecule has 5 rings (SSSR count). The number of methoxy groups -OCH3 is 1. The van der Waals surface area contributed by atoms with Crippen LogP contribution >= 0.6 is 0 Å². The number of carbonyl (C=O) groups excluding carboxylic acids is 4. The van der Waals surface area contributed by atoms with Crippen LogP contribution in [-0.4, -0.2) is 53.0 Å². The molecule has 190 valence electrons. The van der Waals surface area contributed by atoms with Crippen LogP contribution in [0.25, 0.3) is 0 Å². The summed E-state index contributed by atoms with van der Waals surface area (Å²) in [6, 6.07) is 6.35. The summed E-state index contributed by atoms with van der Waals surface area (Å²) in [7, 11) is 1.22. The average molecular weight is 498 g/mol. The highest BCUT2D eigenvalue weighted by molar-refractivity contribution is 5.96. The molecule has 3 fully saturated rings. The van der Waals surface area contributed by atoms with Crippen molar-refractivity contribution < 1.29 is 37.8 Å². The number of ether oxygens (including phenoxy) is 3. The molecule has 2 aromatic rings. The predicted molar refractivity (Wildman–Crippen MR) is 121 cm³/mol. The number of carbonyl (C=O) groups is 4. The molecule has 36 heavy (non-hydrogen) atoms. The largest absolute Gasteiger partial charge is 0.472 e.